The van der Waals surface area contributed by atoms with Crippen LogP contribution in [0.4, 0.5) is 0 Å². The van der Waals surface area contributed by atoms with Gasteiger partial charge in [0.05, 0.1) is 34.0 Å². The third kappa shape index (κ3) is 8.92. The predicted octanol–water partition coefficient (Wildman–Crippen LogP) is 5.57. The zero-order chi connectivity index (χ0) is 30.6. The van der Waals surface area contributed by atoms with Crippen LogP contribution in [0.25, 0.3) is 11.1 Å². The van der Waals surface area contributed by atoms with Crippen molar-refractivity contribution in [2.75, 3.05) is 28.1 Å². The molecule has 3 rings (SSSR count). The van der Waals surface area contributed by atoms with Crippen molar-refractivity contribution in [1.29, 1.82) is 0 Å². The summed E-state index contributed by atoms with van der Waals surface area (Å²) in [4.78, 5) is 0. The average molecular weight is 613 g/mol. The first-order chi connectivity index (χ1) is 18.4. The molecule has 40 heavy (non-hydrogen) atoms. The van der Waals surface area contributed by atoms with Gasteiger partial charge in [-0.3, -0.25) is 0 Å². The van der Waals surface area contributed by atoms with Crippen LogP contribution in [0, 0.1) is 20.0 Å². The van der Waals surface area contributed by atoms with E-state index in [2.05, 4.69) is 53.8 Å². The quantitative estimate of drug-likeness (QED) is 0.234. The van der Waals surface area contributed by atoms with Crippen LogP contribution in [0.3, 0.4) is 0 Å². The number of methoxy groups -OCH3 is 3. The van der Waals surface area contributed by atoms with Crippen LogP contribution in [-0.2, 0) is 42.4 Å². The molecule has 10 nitrogen and oxygen atoms in total. The second-order valence-corrected chi connectivity index (χ2v) is 14.5. The molecule has 2 aromatic rings. The molecule has 0 aromatic heterocycles. The summed E-state index contributed by atoms with van der Waals surface area (Å²) in [6, 6.07) is 5.61. The van der Waals surface area contributed by atoms with Crippen LogP contribution >= 0.6 is 0 Å². The summed E-state index contributed by atoms with van der Waals surface area (Å²) in [6.07, 6.45) is -0.749. The van der Waals surface area contributed by atoms with Gasteiger partial charge in [0.15, 0.2) is 31.3 Å². The first-order valence-corrected chi connectivity index (χ1v) is 14.5. The van der Waals surface area contributed by atoms with Gasteiger partial charge in [0.1, 0.15) is 0 Å². The molecule has 1 atom stereocenters. The van der Waals surface area contributed by atoms with Crippen molar-refractivity contribution in [3.8, 4) is 39.9 Å². The van der Waals surface area contributed by atoms with Gasteiger partial charge in [-0.1, -0.05) is 20.8 Å². The summed E-state index contributed by atoms with van der Waals surface area (Å²) < 4.78 is 57.4. The van der Waals surface area contributed by atoms with Crippen LogP contribution < -0.4 is 23.7 Å². The van der Waals surface area contributed by atoms with E-state index in [1.807, 2.05) is 18.2 Å². The second kappa shape index (κ2) is 17.9. The van der Waals surface area contributed by atoms with Gasteiger partial charge < -0.3 is 33.2 Å². The minimum atomic E-state index is -2.05. The fourth-order valence-corrected chi connectivity index (χ4v) is 4.56. The maximum Gasteiger partial charge on any atom is 0 e. The number of benzene rings is 2. The third-order valence-electron chi connectivity index (χ3n) is 6.57. The van der Waals surface area contributed by atoms with Crippen molar-refractivity contribution in [3.05, 3.63) is 49.3 Å². The monoisotopic (exact) mass is 612 g/mol. The standard InChI is InChI=1S/C25H36O7Si.3CO.Cr/c1-15(26)17-11-19-20(31-14-30-19)12-18(17)22-16(13-32-33(8,9)25(2,3)4)10-21(27-5)23(28-6)24(22)29-7;3*1-2;/h10-12,15,26H,13-14H2,1-9H3;;;;/t15-;;;;/m1..../s1. The maximum absolute atomic E-state index is 10.6. The Labute approximate surface area is 248 Å². The molecular formula is C28H36CrO10Si. The fraction of sp³-hybridized carbons (Fsp3) is 0.464. The van der Waals surface area contributed by atoms with E-state index < -0.39 is 14.4 Å². The Kier molecular flexibility index (Phi) is 17.7. The molecule has 0 bridgehead atoms. The first kappa shape index (κ1) is 39.5. The Morgan fingerprint density at radius 2 is 1.40 bits per heavy atom. The molecule has 1 heterocycles. The van der Waals surface area contributed by atoms with E-state index in [-0.39, 0.29) is 29.2 Å². The van der Waals surface area contributed by atoms with Crippen molar-refractivity contribution in [2.45, 2.75) is 58.5 Å². The summed E-state index contributed by atoms with van der Waals surface area (Å²) in [5.41, 5.74) is 3.09. The number of fused-ring (bicyclic) bond motifs is 1. The van der Waals surface area contributed by atoms with Gasteiger partial charge in [-0.15, -0.1) is 0 Å². The summed E-state index contributed by atoms with van der Waals surface area (Å²) in [6.45, 7) is 26.8. The summed E-state index contributed by atoms with van der Waals surface area (Å²) >= 11 is 0. The Morgan fingerprint density at radius 3 is 1.82 bits per heavy atom. The number of rotatable bonds is 8. The normalized spacial score (nSPS) is 11.9. The topological polar surface area (TPSA) is 135 Å². The number of hydrogen-bond donors (Lipinski definition) is 1. The minimum Gasteiger partial charge on any atom is 0 e. The molecule has 12 heteroatoms. The molecule has 1 aliphatic heterocycles. The summed E-state index contributed by atoms with van der Waals surface area (Å²) in [5.74, 6) is 2.74. The minimum absolute atomic E-state index is 0. The third-order valence-corrected chi connectivity index (χ3v) is 11.0. The number of hydrogen-bond acceptors (Lipinski definition) is 7. The summed E-state index contributed by atoms with van der Waals surface area (Å²) in [7, 11) is 2.71. The molecule has 0 radical (unpaired) electrons. The van der Waals surface area contributed by atoms with E-state index in [4.69, 9.17) is 42.1 Å². The molecule has 218 valence electrons. The van der Waals surface area contributed by atoms with Crippen LogP contribution in [0.15, 0.2) is 18.2 Å². The van der Waals surface area contributed by atoms with Gasteiger partial charge in [-0.25, -0.2) is 0 Å². The van der Waals surface area contributed by atoms with Crippen LogP contribution in [0.1, 0.15) is 44.9 Å². The second-order valence-electron chi connectivity index (χ2n) is 9.70. The summed E-state index contributed by atoms with van der Waals surface area (Å²) in [5, 5.41) is 10.7. The number of aliphatic hydroxyl groups excluding tert-OH is 1. The largest absolute Gasteiger partial charge is 0 e. The molecule has 0 spiro atoms. The van der Waals surface area contributed by atoms with E-state index >= 15 is 0 Å². The van der Waals surface area contributed by atoms with Gasteiger partial charge in [-0.2, -0.15) is 0 Å². The first-order valence-electron chi connectivity index (χ1n) is 11.6. The number of ether oxygens (including phenoxy) is 5. The van der Waals surface area contributed by atoms with Gasteiger partial charge in [0, 0.05) is 22.9 Å². The van der Waals surface area contributed by atoms with E-state index in [1.54, 1.807) is 28.3 Å². The molecule has 0 amide bonds. The van der Waals surface area contributed by atoms with Gasteiger partial charge in [-0.05, 0) is 59.9 Å². The fourth-order valence-electron chi connectivity index (χ4n) is 3.61. The van der Waals surface area contributed by atoms with Crippen molar-refractivity contribution in [2.24, 2.45) is 0 Å². The molecule has 0 saturated carbocycles. The van der Waals surface area contributed by atoms with Crippen molar-refractivity contribution in [3.63, 3.8) is 0 Å². The van der Waals surface area contributed by atoms with Crippen LogP contribution in [0.5, 0.6) is 28.7 Å². The van der Waals surface area contributed by atoms with Crippen LogP contribution in [0.2, 0.25) is 18.1 Å². The van der Waals surface area contributed by atoms with Crippen LogP contribution in [-0.4, -0.2) is 41.5 Å². The SMILES string of the molecule is COc1cc(CO[Si](C)(C)C(C)(C)C)c(-c2cc3c(cc2[C@@H](C)O)OCO3)c(OC)c1OC.[C-]#[O+].[C-]#[O+].[C-]#[O+].[Cr]. The van der Waals surface area contributed by atoms with Crippen molar-refractivity contribution >= 4 is 8.32 Å². The molecule has 0 unspecified atom stereocenters. The molecular weight excluding hydrogens is 576 g/mol. The Balaban J connectivity index is 0. The molecule has 0 aliphatic carbocycles. The van der Waals surface area contributed by atoms with E-state index in [0.717, 1.165) is 16.7 Å². The Bertz CT molecular complexity index is 1140. The molecule has 0 saturated heterocycles. The number of aliphatic hydroxyl groups is 1. The van der Waals surface area contributed by atoms with E-state index in [0.29, 0.717) is 40.9 Å². The zero-order valence-electron chi connectivity index (χ0n) is 24.3. The Morgan fingerprint density at radius 1 is 0.900 bits per heavy atom. The average Bonchev–Trinajstić information content (AvgIpc) is 3.40. The maximum atomic E-state index is 10.6. The zero-order valence-corrected chi connectivity index (χ0v) is 26.5. The van der Waals surface area contributed by atoms with Gasteiger partial charge >= 0.3 is 33.9 Å². The molecule has 1 N–H and O–H groups in total. The van der Waals surface area contributed by atoms with E-state index in [1.165, 1.54) is 0 Å². The van der Waals surface area contributed by atoms with Crippen molar-refractivity contribution in [1.82, 2.24) is 0 Å². The molecule has 1 aliphatic rings. The smallest absolute Gasteiger partial charge is 0 e. The molecule has 0 fully saturated rings. The van der Waals surface area contributed by atoms with Crippen molar-refractivity contribution < 1.29 is 64.5 Å². The van der Waals surface area contributed by atoms with E-state index in [9.17, 15) is 5.11 Å². The van der Waals surface area contributed by atoms with Gasteiger partial charge in [0.25, 0.3) is 0 Å². The molecule has 2 aromatic carbocycles. The van der Waals surface area contributed by atoms with Gasteiger partial charge in [0.2, 0.25) is 12.5 Å². The Hall–Kier alpha value is -2.67. The predicted molar refractivity (Wildman–Crippen MR) is 142 cm³/mol.